The maximum atomic E-state index is 10.4. The summed E-state index contributed by atoms with van der Waals surface area (Å²) in [6.45, 7) is 0. The molecule has 2 rings (SSSR count). The third-order valence-electron chi connectivity index (χ3n) is 1.58. The molecule has 0 atom stereocenters. The van der Waals surface area contributed by atoms with Gasteiger partial charge in [0.05, 0.1) is 0 Å². The third kappa shape index (κ3) is 1.10. The van der Waals surface area contributed by atoms with Gasteiger partial charge in [0.2, 0.25) is 0 Å². The maximum Gasteiger partial charge on any atom is 0.392 e. The predicted molar refractivity (Wildman–Crippen MR) is 42.6 cm³/mol. The van der Waals surface area contributed by atoms with Crippen LogP contribution in [0.5, 0.6) is 5.75 Å². The van der Waals surface area contributed by atoms with Crippen LogP contribution in [0, 0.1) is 0 Å². The molecule has 5 heteroatoms. The van der Waals surface area contributed by atoms with E-state index < -0.39 is 11.9 Å². The summed E-state index contributed by atoms with van der Waals surface area (Å²) in [5.74, 6) is -1.76. The first-order valence-electron chi connectivity index (χ1n) is 3.50. The summed E-state index contributed by atoms with van der Waals surface area (Å²) in [6, 6.07) is 4.50. The molecule has 13 heavy (non-hydrogen) atoms. The second-order valence-corrected chi connectivity index (χ2v) is 2.45. The summed E-state index contributed by atoms with van der Waals surface area (Å²) >= 11 is 0. The summed E-state index contributed by atoms with van der Waals surface area (Å²) in [5, 5.41) is 17.8. The molecule has 0 bridgehead atoms. The van der Waals surface area contributed by atoms with Gasteiger partial charge in [-0.2, -0.15) is 4.98 Å². The molecule has 0 radical (unpaired) electrons. The van der Waals surface area contributed by atoms with Crippen LogP contribution in [0.4, 0.5) is 0 Å². The monoisotopic (exact) mass is 179 g/mol. The van der Waals surface area contributed by atoms with Crippen molar-refractivity contribution in [2.24, 2.45) is 0 Å². The number of benzene rings is 1. The van der Waals surface area contributed by atoms with Gasteiger partial charge in [-0.25, -0.2) is 4.79 Å². The zero-order valence-electron chi connectivity index (χ0n) is 6.39. The lowest BCUT2D eigenvalue weighted by atomic mass is 10.3. The number of aromatic carboxylic acids is 1. The van der Waals surface area contributed by atoms with Gasteiger partial charge in [-0.1, -0.05) is 6.07 Å². The Morgan fingerprint density at radius 1 is 1.46 bits per heavy atom. The van der Waals surface area contributed by atoms with Crippen molar-refractivity contribution in [1.82, 2.24) is 4.98 Å². The molecule has 0 fully saturated rings. The summed E-state index contributed by atoms with van der Waals surface area (Å²) in [7, 11) is 0. The smallest absolute Gasteiger partial charge is 0.392 e. The van der Waals surface area contributed by atoms with Crippen LogP contribution in [-0.2, 0) is 0 Å². The molecule has 1 aromatic heterocycles. The van der Waals surface area contributed by atoms with E-state index in [1.165, 1.54) is 12.1 Å². The number of para-hydroxylation sites is 1. The van der Waals surface area contributed by atoms with Crippen molar-refractivity contribution in [3.05, 3.63) is 24.1 Å². The molecule has 0 amide bonds. The number of fused-ring (bicyclic) bond motifs is 1. The van der Waals surface area contributed by atoms with E-state index in [0.29, 0.717) is 0 Å². The van der Waals surface area contributed by atoms with Gasteiger partial charge in [0, 0.05) is 0 Å². The molecule has 5 nitrogen and oxygen atoms in total. The fourth-order valence-corrected chi connectivity index (χ4v) is 1.03. The highest BCUT2D eigenvalue weighted by atomic mass is 16.4. The van der Waals surface area contributed by atoms with Crippen molar-refractivity contribution in [3.8, 4) is 5.75 Å². The Balaban J connectivity index is 2.75. The second-order valence-electron chi connectivity index (χ2n) is 2.45. The lowest BCUT2D eigenvalue weighted by molar-refractivity contribution is 0.0656. The lowest BCUT2D eigenvalue weighted by Crippen LogP contribution is -1.94. The first-order valence-corrected chi connectivity index (χ1v) is 3.50. The number of carboxylic acids is 1. The number of aromatic hydroxyl groups is 1. The molecule has 1 aromatic carbocycles. The fourth-order valence-electron chi connectivity index (χ4n) is 1.03. The average molecular weight is 179 g/mol. The number of carboxylic acid groups (broad SMARTS) is 1. The van der Waals surface area contributed by atoms with Gasteiger partial charge >= 0.3 is 11.9 Å². The molecule has 0 aliphatic rings. The normalized spacial score (nSPS) is 10.5. The van der Waals surface area contributed by atoms with Crippen molar-refractivity contribution in [2.45, 2.75) is 0 Å². The number of hydrogen-bond acceptors (Lipinski definition) is 4. The molecule has 66 valence electrons. The Labute approximate surface area is 72.2 Å². The highest BCUT2D eigenvalue weighted by Crippen LogP contribution is 2.23. The number of aromatic nitrogens is 1. The van der Waals surface area contributed by atoms with Gasteiger partial charge in [-0.15, -0.1) is 0 Å². The lowest BCUT2D eigenvalue weighted by Gasteiger charge is -1.87. The zero-order valence-corrected chi connectivity index (χ0v) is 6.39. The SMILES string of the molecule is O=C(O)c1nc2c(O)cccc2o1. The van der Waals surface area contributed by atoms with Crippen molar-refractivity contribution < 1.29 is 19.4 Å². The zero-order chi connectivity index (χ0) is 9.42. The van der Waals surface area contributed by atoms with Crippen molar-refractivity contribution in [3.63, 3.8) is 0 Å². The van der Waals surface area contributed by atoms with E-state index >= 15 is 0 Å². The van der Waals surface area contributed by atoms with E-state index in [1.807, 2.05) is 0 Å². The summed E-state index contributed by atoms with van der Waals surface area (Å²) in [6.07, 6.45) is 0. The Kier molecular flexibility index (Phi) is 1.45. The van der Waals surface area contributed by atoms with Gasteiger partial charge < -0.3 is 14.6 Å². The Morgan fingerprint density at radius 3 is 2.85 bits per heavy atom. The molecular formula is C8H5NO4. The minimum atomic E-state index is -1.25. The van der Waals surface area contributed by atoms with E-state index in [1.54, 1.807) is 6.07 Å². The van der Waals surface area contributed by atoms with Crippen LogP contribution in [0.3, 0.4) is 0 Å². The first kappa shape index (κ1) is 7.60. The van der Waals surface area contributed by atoms with Gasteiger partial charge in [0.15, 0.2) is 11.1 Å². The highest BCUT2D eigenvalue weighted by Gasteiger charge is 2.14. The third-order valence-corrected chi connectivity index (χ3v) is 1.58. The van der Waals surface area contributed by atoms with Crippen LogP contribution < -0.4 is 0 Å². The summed E-state index contributed by atoms with van der Waals surface area (Å²) in [4.78, 5) is 14.0. The van der Waals surface area contributed by atoms with Crippen LogP contribution in [0.25, 0.3) is 11.1 Å². The number of hydrogen-bond donors (Lipinski definition) is 2. The molecule has 2 aromatic rings. The topological polar surface area (TPSA) is 83.6 Å². The number of nitrogens with zero attached hydrogens (tertiary/aromatic N) is 1. The van der Waals surface area contributed by atoms with E-state index in [-0.39, 0.29) is 16.8 Å². The van der Waals surface area contributed by atoms with E-state index in [9.17, 15) is 9.90 Å². The molecule has 1 heterocycles. The van der Waals surface area contributed by atoms with E-state index in [2.05, 4.69) is 4.98 Å². The van der Waals surface area contributed by atoms with Gasteiger partial charge in [-0.05, 0) is 12.1 Å². The van der Waals surface area contributed by atoms with E-state index in [0.717, 1.165) is 0 Å². The molecular weight excluding hydrogens is 174 g/mol. The number of rotatable bonds is 1. The highest BCUT2D eigenvalue weighted by molar-refractivity contribution is 5.88. The molecule has 0 unspecified atom stereocenters. The van der Waals surface area contributed by atoms with Crippen molar-refractivity contribution in [2.75, 3.05) is 0 Å². The van der Waals surface area contributed by atoms with Crippen LogP contribution in [-0.4, -0.2) is 21.2 Å². The molecule has 0 spiro atoms. The van der Waals surface area contributed by atoms with Crippen LogP contribution >= 0.6 is 0 Å². The molecule has 0 saturated heterocycles. The number of carbonyl (C=O) groups is 1. The molecule has 0 saturated carbocycles. The minimum absolute atomic E-state index is 0.0891. The van der Waals surface area contributed by atoms with Crippen LogP contribution in [0.2, 0.25) is 0 Å². The van der Waals surface area contributed by atoms with Gasteiger partial charge in [0.25, 0.3) is 0 Å². The van der Waals surface area contributed by atoms with Crippen molar-refractivity contribution in [1.29, 1.82) is 0 Å². The number of phenolic OH excluding ortho intramolecular Hbond substituents is 1. The summed E-state index contributed by atoms with van der Waals surface area (Å²) in [5.41, 5.74) is 0.428. The van der Waals surface area contributed by atoms with Gasteiger partial charge in [-0.3, -0.25) is 0 Å². The van der Waals surface area contributed by atoms with E-state index in [4.69, 9.17) is 9.52 Å². The minimum Gasteiger partial charge on any atom is -0.506 e. The Hall–Kier alpha value is -2.04. The number of phenols is 1. The van der Waals surface area contributed by atoms with Crippen molar-refractivity contribution >= 4 is 17.1 Å². The first-order chi connectivity index (χ1) is 6.18. The molecule has 0 aliphatic heterocycles. The van der Waals surface area contributed by atoms with Crippen LogP contribution in [0.1, 0.15) is 10.7 Å². The van der Waals surface area contributed by atoms with Crippen LogP contribution in [0.15, 0.2) is 22.6 Å². The Bertz CT molecular complexity index is 474. The maximum absolute atomic E-state index is 10.4. The summed E-state index contributed by atoms with van der Waals surface area (Å²) < 4.78 is 4.84. The van der Waals surface area contributed by atoms with Gasteiger partial charge in [0.1, 0.15) is 5.75 Å². The average Bonchev–Trinajstić information content (AvgIpc) is 2.49. The largest absolute Gasteiger partial charge is 0.506 e. The fraction of sp³-hybridized carbons (Fsp3) is 0. The molecule has 2 N–H and O–H groups in total. The molecule has 0 aliphatic carbocycles. The quantitative estimate of drug-likeness (QED) is 0.687. The Morgan fingerprint density at radius 2 is 2.23 bits per heavy atom. The standard InChI is InChI=1S/C8H5NO4/c10-4-2-1-3-5-6(4)9-7(13-5)8(11)12/h1-3,10H,(H,11,12). The second kappa shape index (κ2) is 2.48. The predicted octanol–water partition coefficient (Wildman–Crippen LogP) is 1.23. The number of oxazole rings is 1.